The van der Waals surface area contributed by atoms with Crippen molar-refractivity contribution < 1.29 is 0 Å². The van der Waals surface area contributed by atoms with Gasteiger partial charge in [0.25, 0.3) is 0 Å². The first-order valence-electron chi connectivity index (χ1n) is 6.19. The van der Waals surface area contributed by atoms with Crippen LogP contribution in [0.5, 0.6) is 0 Å². The molecule has 102 valence electrons. The number of halogens is 2. The van der Waals surface area contributed by atoms with Gasteiger partial charge >= 0.3 is 0 Å². The Labute approximate surface area is 131 Å². The van der Waals surface area contributed by atoms with Crippen molar-refractivity contribution in [1.29, 1.82) is 5.26 Å². The number of H-pyrrole nitrogens is 1. The Kier molecular flexibility index (Phi) is 3.66. The van der Waals surface area contributed by atoms with Crippen molar-refractivity contribution in [2.45, 2.75) is 0 Å². The van der Waals surface area contributed by atoms with E-state index in [2.05, 4.69) is 16.0 Å². The molecule has 0 aliphatic carbocycles. The molecule has 0 unspecified atom stereocenters. The maximum absolute atomic E-state index is 9.36. The van der Waals surface area contributed by atoms with Gasteiger partial charge in [-0.1, -0.05) is 41.4 Å². The number of aromatic amines is 1. The van der Waals surface area contributed by atoms with Gasteiger partial charge in [-0.2, -0.15) is 5.26 Å². The molecular formula is C16H9Cl2N3. The predicted octanol–water partition coefficient (Wildman–Crippen LogP) is 4.93. The molecule has 0 radical (unpaired) electrons. The predicted molar refractivity (Wildman–Crippen MR) is 86.0 cm³/mol. The van der Waals surface area contributed by atoms with Gasteiger partial charge in [-0.15, -0.1) is 0 Å². The Morgan fingerprint density at radius 3 is 2.71 bits per heavy atom. The van der Waals surface area contributed by atoms with Crippen molar-refractivity contribution in [2.24, 2.45) is 0 Å². The van der Waals surface area contributed by atoms with E-state index in [9.17, 15) is 5.26 Å². The van der Waals surface area contributed by atoms with E-state index in [-0.39, 0.29) is 0 Å². The molecule has 0 saturated carbocycles. The number of imidazole rings is 1. The van der Waals surface area contributed by atoms with Crippen molar-refractivity contribution in [1.82, 2.24) is 9.97 Å². The second kappa shape index (κ2) is 5.61. The average Bonchev–Trinajstić information content (AvgIpc) is 2.90. The number of allylic oxidation sites excluding steroid dienone is 1. The molecule has 0 aliphatic heterocycles. The zero-order valence-corrected chi connectivity index (χ0v) is 12.3. The number of nitriles is 1. The van der Waals surface area contributed by atoms with E-state index >= 15 is 0 Å². The summed E-state index contributed by atoms with van der Waals surface area (Å²) in [7, 11) is 0. The van der Waals surface area contributed by atoms with Gasteiger partial charge in [-0.3, -0.25) is 0 Å². The minimum atomic E-state index is 0.412. The molecule has 0 bridgehead atoms. The van der Waals surface area contributed by atoms with Crippen LogP contribution in [0.1, 0.15) is 11.4 Å². The Morgan fingerprint density at radius 2 is 2.00 bits per heavy atom. The third kappa shape index (κ3) is 2.78. The van der Waals surface area contributed by atoms with Gasteiger partial charge in [0.15, 0.2) is 0 Å². The quantitative estimate of drug-likeness (QED) is 0.682. The highest BCUT2D eigenvalue weighted by atomic mass is 35.5. The SMILES string of the molecule is N#C/C(=C/c1ccc(Cl)cc1Cl)c1nc2ccccc2[nH]1. The second-order valence-corrected chi connectivity index (χ2v) is 5.28. The highest BCUT2D eigenvalue weighted by Crippen LogP contribution is 2.25. The van der Waals surface area contributed by atoms with Crippen molar-refractivity contribution in [3.05, 3.63) is 63.9 Å². The Hall–Kier alpha value is -2.28. The lowest BCUT2D eigenvalue weighted by molar-refractivity contribution is 1.27. The van der Waals surface area contributed by atoms with Crippen LogP contribution in [-0.2, 0) is 0 Å². The fourth-order valence-electron chi connectivity index (χ4n) is 2.01. The van der Waals surface area contributed by atoms with Gasteiger partial charge in [-0.05, 0) is 35.9 Å². The van der Waals surface area contributed by atoms with Gasteiger partial charge in [-0.25, -0.2) is 4.98 Å². The van der Waals surface area contributed by atoms with Crippen LogP contribution in [-0.4, -0.2) is 9.97 Å². The lowest BCUT2D eigenvalue weighted by Crippen LogP contribution is -1.85. The monoisotopic (exact) mass is 313 g/mol. The topological polar surface area (TPSA) is 52.5 Å². The first-order valence-corrected chi connectivity index (χ1v) is 6.95. The average molecular weight is 314 g/mol. The molecular weight excluding hydrogens is 305 g/mol. The molecule has 1 aromatic heterocycles. The molecule has 3 aromatic rings. The van der Waals surface area contributed by atoms with Gasteiger partial charge in [0.05, 0.1) is 16.6 Å². The maximum atomic E-state index is 9.36. The van der Waals surface area contributed by atoms with Crippen molar-refractivity contribution in [3.8, 4) is 6.07 Å². The van der Waals surface area contributed by atoms with Crippen molar-refractivity contribution in [3.63, 3.8) is 0 Å². The lowest BCUT2D eigenvalue weighted by atomic mass is 10.1. The summed E-state index contributed by atoms with van der Waals surface area (Å²) < 4.78 is 0. The summed E-state index contributed by atoms with van der Waals surface area (Å²) in [5.41, 5.74) is 2.83. The molecule has 0 atom stereocenters. The highest BCUT2D eigenvalue weighted by Gasteiger charge is 2.08. The number of hydrogen-bond donors (Lipinski definition) is 1. The summed E-state index contributed by atoms with van der Waals surface area (Å²) in [6, 6.07) is 14.9. The fourth-order valence-corrected chi connectivity index (χ4v) is 2.47. The largest absolute Gasteiger partial charge is 0.337 e. The number of nitrogens with one attached hydrogen (secondary N) is 1. The molecule has 0 spiro atoms. The number of nitrogens with zero attached hydrogens (tertiary/aromatic N) is 2. The van der Waals surface area contributed by atoms with E-state index in [1.54, 1.807) is 24.3 Å². The zero-order valence-electron chi connectivity index (χ0n) is 10.8. The summed E-state index contributed by atoms with van der Waals surface area (Å²) in [6.07, 6.45) is 1.69. The van der Waals surface area contributed by atoms with Crippen LogP contribution in [0.15, 0.2) is 42.5 Å². The molecule has 1 heterocycles. The van der Waals surface area contributed by atoms with Crippen LogP contribution >= 0.6 is 23.2 Å². The van der Waals surface area contributed by atoms with Crippen LogP contribution < -0.4 is 0 Å². The zero-order chi connectivity index (χ0) is 14.8. The highest BCUT2D eigenvalue weighted by molar-refractivity contribution is 6.35. The molecule has 3 nitrogen and oxygen atoms in total. The molecule has 0 saturated heterocycles. The molecule has 0 fully saturated rings. The van der Waals surface area contributed by atoms with Crippen LogP contribution in [0.25, 0.3) is 22.7 Å². The maximum Gasteiger partial charge on any atom is 0.149 e. The Bertz CT molecular complexity index is 855. The summed E-state index contributed by atoms with van der Waals surface area (Å²) in [6.45, 7) is 0. The Balaban J connectivity index is 2.09. The fraction of sp³-hybridized carbons (Fsp3) is 0. The smallest absolute Gasteiger partial charge is 0.149 e. The van der Waals surface area contributed by atoms with Gasteiger partial charge < -0.3 is 4.98 Å². The van der Waals surface area contributed by atoms with Crippen LogP contribution in [0, 0.1) is 11.3 Å². The van der Waals surface area contributed by atoms with Crippen LogP contribution in [0.2, 0.25) is 10.0 Å². The molecule has 1 N–H and O–H groups in total. The minimum Gasteiger partial charge on any atom is -0.337 e. The normalized spacial score (nSPS) is 11.6. The van der Waals surface area contributed by atoms with E-state index in [0.717, 1.165) is 16.6 Å². The van der Waals surface area contributed by atoms with E-state index in [1.807, 2.05) is 24.3 Å². The molecule has 3 rings (SSSR count). The number of para-hydroxylation sites is 2. The third-order valence-electron chi connectivity index (χ3n) is 3.03. The molecule has 0 amide bonds. The minimum absolute atomic E-state index is 0.412. The van der Waals surface area contributed by atoms with Gasteiger partial charge in [0, 0.05) is 10.0 Å². The van der Waals surface area contributed by atoms with E-state index in [1.165, 1.54) is 0 Å². The first-order chi connectivity index (χ1) is 10.2. The van der Waals surface area contributed by atoms with Gasteiger partial charge in [0.1, 0.15) is 11.9 Å². The second-order valence-electron chi connectivity index (χ2n) is 4.44. The van der Waals surface area contributed by atoms with E-state index in [4.69, 9.17) is 23.2 Å². The number of rotatable bonds is 2. The molecule has 21 heavy (non-hydrogen) atoms. The lowest BCUT2D eigenvalue weighted by Gasteiger charge is -2.00. The van der Waals surface area contributed by atoms with Crippen LogP contribution in [0.4, 0.5) is 0 Å². The van der Waals surface area contributed by atoms with E-state index < -0.39 is 0 Å². The molecule has 5 heteroatoms. The van der Waals surface area contributed by atoms with Gasteiger partial charge in [0.2, 0.25) is 0 Å². The standard InChI is InChI=1S/C16H9Cl2N3/c17-12-6-5-10(13(18)8-12)7-11(9-19)16-20-14-3-1-2-4-15(14)21-16/h1-8H,(H,20,21)/b11-7-. The Morgan fingerprint density at radius 1 is 1.19 bits per heavy atom. The number of hydrogen-bond acceptors (Lipinski definition) is 2. The summed E-state index contributed by atoms with van der Waals surface area (Å²) >= 11 is 12.0. The van der Waals surface area contributed by atoms with Crippen molar-refractivity contribution in [2.75, 3.05) is 0 Å². The summed E-state index contributed by atoms with van der Waals surface area (Å²) in [5, 5.41) is 10.4. The first kappa shape index (κ1) is 13.7. The summed E-state index contributed by atoms with van der Waals surface area (Å²) in [4.78, 5) is 7.54. The molecule has 2 aromatic carbocycles. The number of aromatic nitrogens is 2. The third-order valence-corrected chi connectivity index (χ3v) is 3.59. The number of fused-ring (bicyclic) bond motifs is 1. The van der Waals surface area contributed by atoms with Crippen LogP contribution in [0.3, 0.4) is 0 Å². The summed E-state index contributed by atoms with van der Waals surface area (Å²) in [5.74, 6) is 0.518. The van der Waals surface area contributed by atoms with E-state index in [0.29, 0.717) is 21.4 Å². The van der Waals surface area contributed by atoms with Crippen molar-refractivity contribution >= 4 is 45.9 Å². The molecule has 0 aliphatic rings. The number of benzene rings is 2.